The Morgan fingerprint density at radius 2 is 1.96 bits per heavy atom. The van der Waals surface area contributed by atoms with Crippen molar-refractivity contribution < 1.29 is 18.1 Å². The van der Waals surface area contributed by atoms with E-state index in [0.29, 0.717) is 17.9 Å². The molecule has 0 saturated carbocycles. The van der Waals surface area contributed by atoms with E-state index >= 15 is 0 Å². The molecule has 0 radical (unpaired) electrons. The van der Waals surface area contributed by atoms with Gasteiger partial charge in [-0.1, -0.05) is 12.1 Å². The molecule has 2 aromatic rings. The number of aromatic nitrogens is 1. The molecule has 1 aromatic carbocycles. The van der Waals surface area contributed by atoms with Crippen LogP contribution in [0.15, 0.2) is 36.4 Å². The summed E-state index contributed by atoms with van der Waals surface area (Å²) in [4.78, 5) is 16.2. The monoisotopic (exact) mass is 368 g/mol. The number of nitro groups is 1. The average Bonchev–Trinajstić information content (AvgIpc) is 2.54. The molecule has 0 amide bonds. The molecule has 6 nitrogen and oxygen atoms in total. The molecule has 9 heteroatoms. The topological polar surface area (TPSA) is 71.3 Å². The summed E-state index contributed by atoms with van der Waals surface area (Å²) in [5.41, 5.74) is -0.0137. The minimum Gasteiger partial charge on any atom is -0.368 e. The Hall–Kier alpha value is -2.68. The average molecular weight is 368 g/mol. The van der Waals surface area contributed by atoms with Crippen LogP contribution in [-0.4, -0.2) is 35.4 Å². The van der Waals surface area contributed by atoms with Crippen LogP contribution < -0.4 is 5.32 Å². The number of anilines is 1. The van der Waals surface area contributed by atoms with Gasteiger partial charge in [0.2, 0.25) is 0 Å². The summed E-state index contributed by atoms with van der Waals surface area (Å²) < 4.78 is 38.8. The van der Waals surface area contributed by atoms with Gasteiger partial charge in [-0.2, -0.15) is 13.2 Å². The highest BCUT2D eigenvalue weighted by atomic mass is 19.4. The van der Waals surface area contributed by atoms with E-state index in [-0.39, 0.29) is 17.4 Å². The Labute approximate surface area is 148 Å². The second-order valence-corrected chi connectivity index (χ2v) is 6.04. The van der Waals surface area contributed by atoms with Crippen molar-refractivity contribution >= 4 is 11.5 Å². The predicted octanol–water partition coefficient (Wildman–Crippen LogP) is 4.03. The number of nitrogens with zero attached hydrogens (tertiary/aromatic N) is 3. The van der Waals surface area contributed by atoms with Gasteiger partial charge in [-0.25, -0.2) is 4.98 Å². The normalized spacial score (nSPS) is 12.9. The smallest absolute Gasteiger partial charge is 0.368 e. The zero-order valence-corrected chi connectivity index (χ0v) is 14.5. The number of benzene rings is 1. The molecular weight excluding hydrogens is 349 g/mol. The maximum absolute atomic E-state index is 12.9. The van der Waals surface area contributed by atoms with Gasteiger partial charge in [0.1, 0.15) is 11.5 Å². The number of halogens is 3. The van der Waals surface area contributed by atoms with Gasteiger partial charge >= 0.3 is 6.18 Å². The lowest BCUT2D eigenvalue weighted by molar-refractivity contribution is -0.385. The zero-order chi connectivity index (χ0) is 19.5. The van der Waals surface area contributed by atoms with E-state index in [2.05, 4.69) is 10.3 Å². The summed E-state index contributed by atoms with van der Waals surface area (Å²) in [6.45, 7) is 1.82. The van der Waals surface area contributed by atoms with E-state index in [1.54, 1.807) is 25.1 Å². The highest BCUT2D eigenvalue weighted by Gasteiger charge is 2.31. The summed E-state index contributed by atoms with van der Waals surface area (Å²) in [5, 5.41) is 13.9. The number of hydrogen-bond donors (Lipinski definition) is 1. The highest BCUT2D eigenvalue weighted by molar-refractivity contribution is 5.45. The Kier molecular flexibility index (Phi) is 5.81. The first kappa shape index (κ1) is 19.6. The molecule has 0 fully saturated rings. The molecule has 1 N–H and O–H groups in total. The lowest BCUT2D eigenvalue weighted by Gasteiger charge is -2.26. The van der Waals surface area contributed by atoms with Gasteiger partial charge in [-0.15, -0.1) is 0 Å². The Morgan fingerprint density at radius 1 is 1.27 bits per heavy atom. The van der Waals surface area contributed by atoms with E-state index in [4.69, 9.17) is 0 Å². The fourth-order valence-corrected chi connectivity index (χ4v) is 2.57. The summed E-state index contributed by atoms with van der Waals surface area (Å²) in [5.74, 6) is 0.423. The van der Waals surface area contributed by atoms with Gasteiger partial charge < -0.3 is 10.2 Å². The van der Waals surface area contributed by atoms with Crippen LogP contribution in [-0.2, 0) is 6.18 Å². The van der Waals surface area contributed by atoms with Crippen molar-refractivity contribution in [3.05, 3.63) is 63.3 Å². The molecule has 0 aliphatic heterocycles. The van der Waals surface area contributed by atoms with Crippen molar-refractivity contribution in [1.29, 1.82) is 0 Å². The van der Waals surface area contributed by atoms with Gasteiger partial charge in [-0.05, 0) is 44.8 Å². The van der Waals surface area contributed by atoms with Gasteiger partial charge in [0.25, 0.3) is 5.69 Å². The molecule has 2 rings (SSSR count). The van der Waals surface area contributed by atoms with Crippen LogP contribution in [0, 0.1) is 17.0 Å². The second kappa shape index (κ2) is 7.69. The minimum absolute atomic E-state index is 0.0856. The first-order chi connectivity index (χ1) is 12.1. The number of pyridine rings is 1. The van der Waals surface area contributed by atoms with Gasteiger partial charge in [0.15, 0.2) is 0 Å². The fourth-order valence-electron chi connectivity index (χ4n) is 2.57. The van der Waals surface area contributed by atoms with E-state index in [1.165, 1.54) is 25.1 Å². The van der Waals surface area contributed by atoms with Crippen LogP contribution in [0.4, 0.5) is 24.7 Å². The lowest BCUT2D eigenvalue weighted by atomic mass is 10.0. The predicted molar refractivity (Wildman–Crippen MR) is 92.0 cm³/mol. The third-order valence-corrected chi connectivity index (χ3v) is 3.95. The molecule has 0 aliphatic rings. The number of likely N-dealkylation sites (N-methyl/N-ethyl adjacent to an activating group) is 1. The molecule has 26 heavy (non-hydrogen) atoms. The molecule has 1 heterocycles. The Balaban J connectivity index is 2.20. The number of hydrogen-bond acceptors (Lipinski definition) is 5. The SMILES string of the molecule is Cc1nc(NCC(c2cccc(C(F)(F)F)c2)N(C)C)ccc1[N+](=O)[O-]. The van der Waals surface area contributed by atoms with Crippen LogP contribution >= 0.6 is 0 Å². The molecule has 0 aliphatic carbocycles. The first-order valence-corrected chi connectivity index (χ1v) is 7.79. The molecule has 1 aromatic heterocycles. The largest absolute Gasteiger partial charge is 0.416 e. The third-order valence-electron chi connectivity index (χ3n) is 3.95. The summed E-state index contributed by atoms with van der Waals surface area (Å²) in [6.07, 6.45) is -4.41. The number of aryl methyl sites for hydroxylation is 1. The summed E-state index contributed by atoms with van der Waals surface area (Å²) in [7, 11) is 3.53. The summed E-state index contributed by atoms with van der Waals surface area (Å²) in [6, 6.07) is 7.66. The first-order valence-electron chi connectivity index (χ1n) is 7.79. The van der Waals surface area contributed by atoms with Crippen LogP contribution in [0.1, 0.15) is 22.9 Å². The number of nitrogens with one attached hydrogen (secondary N) is 1. The number of alkyl halides is 3. The van der Waals surface area contributed by atoms with Gasteiger partial charge in [0, 0.05) is 12.6 Å². The molecular formula is C17H19F3N4O2. The van der Waals surface area contributed by atoms with Crippen molar-refractivity contribution in [2.24, 2.45) is 0 Å². The van der Waals surface area contributed by atoms with Crippen LogP contribution in [0.5, 0.6) is 0 Å². The lowest BCUT2D eigenvalue weighted by Crippen LogP contribution is -2.27. The summed E-state index contributed by atoms with van der Waals surface area (Å²) >= 11 is 0. The molecule has 1 unspecified atom stereocenters. The van der Waals surface area contributed by atoms with Crippen LogP contribution in [0.3, 0.4) is 0 Å². The van der Waals surface area contributed by atoms with Crippen molar-refractivity contribution in [2.75, 3.05) is 26.0 Å². The van der Waals surface area contributed by atoms with Crippen molar-refractivity contribution in [1.82, 2.24) is 9.88 Å². The standard InChI is InChI=1S/C17H19F3N4O2/c1-11-14(24(25)26)7-8-16(22-11)21-10-15(23(2)3)12-5-4-6-13(9-12)17(18,19)20/h4-9,15H,10H2,1-3H3,(H,21,22). The van der Waals surface area contributed by atoms with E-state index < -0.39 is 16.7 Å². The maximum Gasteiger partial charge on any atom is 0.416 e. The minimum atomic E-state index is -4.41. The van der Waals surface area contributed by atoms with Crippen LogP contribution in [0.25, 0.3) is 0 Å². The van der Waals surface area contributed by atoms with E-state index in [9.17, 15) is 23.3 Å². The highest BCUT2D eigenvalue weighted by Crippen LogP contribution is 2.31. The molecule has 1 atom stereocenters. The fraction of sp³-hybridized carbons (Fsp3) is 0.353. The van der Waals surface area contributed by atoms with E-state index in [0.717, 1.165) is 12.1 Å². The Morgan fingerprint density at radius 3 is 2.50 bits per heavy atom. The van der Waals surface area contributed by atoms with Crippen molar-refractivity contribution in [3.8, 4) is 0 Å². The Bertz CT molecular complexity index is 794. The van der Waals surface area contributed by atoms with Gasteiger partial charge in [-0.3, -0.25) is 10.1 Å². The van der Waals surface area contributed by atoms with Crippen molar-refractivity contribution in [3.63, 3.8) is 0 Å². The zero-order valence-electron chi connectivity index (χ0n) is 14.5. The van der Waals surface area contributed by atoms with Crippen LogP contribution in [0.2, 0.25) is 0 Å². The van der Waals surface area contributed by atoms with Gasteiger partial charge in [0.05, 0.1) is 16.5 Å². The molecule has 140 valence electrons. The third kappa shape index (κ3) is 4.69. The number of rotatable bonds is 6. The van der Waals surface area contributed by atoms with Crippen molar-refractivity contribution in [2.45, 2.75) is 19.1 Å². The molecule has 0 saturated heterocycles. The van der Waals surface area contributed by atoms with E-state index in [1.807, 2.05) is 0 Å². The molecule has 0 bridgehead atoms. The quantitative estimate of drug-likeness (QED) is 0.616. The maximum atomic E-state index is 12.9. The second-order valence-electron chi connectivity index (χ2n) is 6.04. The molecule has 0 spiro atoms.